The van der Waals surface area contributed by atoms with Crippen LogP contribution >= 0.6 is 0 Å². The number of hydrogen-bond acceptors (Lipinski definition) is 3. The second-order valence-corrected chi connectivity index (χ2v) is 6.12. The van der Waals surface area contributed by atoms with Crippen LogP contribution in [0.1, 0.15) is 70.2 Å². The largest absolute Gasteiger partial charge is 0.285 e. The molecule has 142 valence electrons. The van der Waals surface area contributed by atoms with Crippen LogP contribution in [-0.2, 0) is 0 Å². The third kappa shape index (κ3) is 11.1. The fourth-order valence-electron chi connectivity index (χ4n) is 1.72. The molecule has 0 saturated heterocycles. The summed E-state index contributed by atoms with van der Waals surface area (Å²) in [5.41, 5.74) is 3.69. The van der Waals surface area contributed by atoms with E-state index in [1.807, 2.05) is 69.7 Å². The molecule has 4 heteroatoms. The maximum Gasteiger partial charge on any atom is 0.0521 e. The van der Waals surface area contributed by atoms with E-state index in [9.17, 15) is 0 Å². The Hall–Kier alpha value is -2.49. The average Bonchev–Trinajstić information content (AvgIpc) is 3.21. The SMILES string of the molecule is CC.CC(C)c1ccccn1.CC(C)c1cn[nH]c1.Cc1ccncc1. The van der Waals surface area contributed by atoms with Gasteiger partial charge >= 0.3 is 0 Å². The smallest absolute Gasteiger partial charge is 0.0521 e. The summed E-state index contributed by atoms with van der Waals surface area (Å²) < 4.78 is 0. The number of hydrogen-bond donors (Lipinski definition) is 1. The van der Waals surface area contributed by atoms with Crippen LogP contribution in [0, 0.1) is 6.92 Å². The van der Waals surface area contributed by atoms with Crippen molar-refractivity contribution in [3.63, 3.8) is 0 Å². The number of nitrogens with zero attached hydrogens (tertiary/aromatic N) is 3. The minimum absolute atomic E-state index is 0.547. The van der Waals surface area contributed by atoms with Gasteiger partial charge in [-0.1, -0.05) is 47.6 Å². The van der Waals surface area contributed by atoms with E-state index in [-0.39, 0.29) is 0 Å². The Morgan fingerprint density at radius 3 is 1.77 bits per heavy atom. The van der Waals surface area contributed by atoms with Gasteiger partial charge in [-0.3, -0.25) is 15.1 Å². The van der Waals surface area contributed by atoms with Crippen LogP contribution in [0.5, 0.6) is 0 Å². The molecule has 0 bridgehead atoms. The zero-order chi connectivity index (χ0) is 19.8. The second kappa shape index (κ2) is 14.8. The van der Waals surface area contributed by atoms with Gasteiger partial charge in [0.25, 0.3) is 0 Å². The highest BCUT2D eigenvalue weighted by atomic mass is 15.1. The van der Waals surface area contributed by atoms with E-state index in [0.29, 0.717) is 11.8 Å². The van der Waals surface area contributed by atoms with Crippen LogP contribution in [0.3, 0.4) is 0 Å². The van der Waals surface area contributed by atoms with E-state index in [4.69, 9.17) is 0 Å². The molecule has 0 unspecified atom stereocenters. The van der Waals surface area contributed by atoms with E-state index in [1.165, 1.54) is 11.1 Å². The van der Waals surface area contributed by atoms with E-state index >= 15 is 0 Å². The number of H-pyrrole nitrogens is 1. The molecule has 0 radical (unpaired) electrons. The van der Waals surface area contributed by atoms with Crippen LogP contribution in [0.4, 0.5) is 0 Å². The van der Waals surface area contributed by atoms with Crippen LogP contribution < -0.4 is 0 Å². The van der Waals surface area contributed by atoms with Crippen LogP contribution in [0.15, 0.2) is 61.3 Å². The Labute approximate surface area is 159 Å². The van der Waals surface area contributed by atoms with Gasteiger partial charge < -0.3 is 0 Å². The molecule has 0 aliphatic heterocycles. The third-order valence-electron chi connectivity index (χ3n) is 3.31. The summed E-state index contributed by atoms with van der Waals surface area (Å²) in [7, 11) is 0. The first-order valence-corrected chi connectivity index (χ1v) is 9.27. The van der Waals surface area contributed by atoms with Crippen LogP contribution in [0.25, 0.3) is 0 Å². The summed E-state index contributed by atoms with van der Waals surface area (Å²) in [6.07, 6.45) is 9.18. The van der Waals surface area contributed by atoms with Crippen molar-refractivity contribution in [1.82, 2.24) is 20.2 Å². The van der Waals surface area contributed by atoms with Crippen molar-refractivity contribution in [2.75, 3.05) is 0 Å². The lowest BCUT2D eigenvalue weighted by atomic mass is 10.1. The van der Waals surface area contributed by atoms with E-state index in [0.717, 1.165) is 5.69 Å². The molecular formula is C22H34N4. The Balaban J connectivity index is 0.000000346. The zero-order valence-corrected chi connectivity index (χ0v) is 17.3. The van der Waals surface area contributed by atoms with Gasteiger partial charge in [0, 0.05) is 30.5 Å². The van der Waals surface area contributed by atoms with Gasteiger partial charge in [-0.05, 0) is 54.2 Å². The fourth-order valence-corrected chi connectivity index (χ4v) is 1.72. The van der Waals surface area contributed by atoms with E-state index < -0.39 is 0 Å². The highest BCUT2D eigenvalue weighted by Crippen LogP contribution is 2.09. The molecule has 26 heavy (non-hydrogen) atoms. The minimum Gasteiger partial charge on any atom is -0.285 e. The van der Waals surface area contributed by atoms with Crippen molar-refractivity contribution in [1.29, 1.82) is 0 Å². The zero-order valence-electron chi connectivity index (χ0n) is 17.3. The van der Waals surface area contributed by atoms with Crippen molar-refractivity contribution in [3.8, 4) is 0 Å². The van der Waals surface area contributed by atoms with Crippen LogP contribution in [0.2, 0.25) is 0 Å². The highest BCUT2D eigenvalue weighted by Gasteiger charge is 1.96. The molecule has 1 N–H and O–H groups in total. The van der Waals surface area contributed by atoms with Crippen molar-refractivity contribution in [2.24, 2.45) is 0 Å². The Bertz CT molecular complexity index is 632. The predicted molar refractivity (Wildman–Crippen MR) is 111 cm³/mol. The quantitative estimate of drug-likeness (QED) is 0.600. The van der Waals surface area contributed by atoms with Crippen molar-refractivity contribution in [3.05, 3.63) is 78.1 Å². The van der Waals surface area contributed by atoms with Crippen molar-refractivity contribution < 1.29 is 0 Å². The molecule has 3 aromatic heterocycles. The third-order valence-corrected chi connectivity index (χ3v) is 3.31. The van der Waals surface area contributed by atoms with Gasteiger partial charge in [-0.25, -0.2) is 0 Å². The first kappa shape index (κ1) is 23.5. The number of pyridine rings is 2. The molecule has 4 nitrogen and oxygen atoms in total. The average molecular weight is 355 g/mol. The highest BCUT2D eigenvalue weighted by molar-refractivity contribution is 5.07. The van der Waals surface area contributed by atoms with Gasteiger partial charge in [0.1, 0.15) is 0 Å². The van der Waals surface area contributed by atoms with Crippen molar-refractivity contribution in [2.45, 2.75) is 60.3 Å². The Kier molecular flexibility index (Phi) is 13.4. The summed E-state index contributed by atoms with van der Waals surface area (Å²) >= 11 is 0. The van der Waals surface area contributed by atoms with Crippen molar-refractivity contribution >= 4 is 0 Å². The predicted octanol–water partition coefficient (Wildman–Crippen LogP) is 6.15. The van der Waals surface area contributed by atoms with Crippen LogP contribution in [-0.4, -0.2) is 20.2 Å². The molecule has 0 amide bonds. The summed E-state index contributed by atoms with van der Waals surface area (Å²) in [6.45, 7) is 14.6. The number of aromatic nitrogens is 4. The number of aromatic amines is 1. The molecule has 0 aliphatic carbocycles. The summed E-state index contributed by atoms with van der Waals surface area (Å²) in [4.78, 5) is 8.02. The van der Waals surface area contributed by atoms with E-state index in [1.54, 1.807) is 12.4 Å². The van der Waals surface area contributed by atoms with Gasteiger partial charge in [0.15, 0.2) is 0 Å². The first-order valence-electron chi connectivity index (χ1n) is 9.27. The molecule has 0 saturated carbocycles. The topological polar surface area (TPSA) is 54.5 Å². The van der Waals surface area contributed by atoms with Gasteiger partial charge in [-0.2, -0.15) is 5.10 Å². The van der Waals surface area contributed by atoms with Gasteiger partial charge in [0.2, 0.25) is 0 Å². The fraction of sp³-hybridized carbons (Fsp3) is 0.409. The summed E-state index contributed by atoms with van der Waals surface area (Å²) in [5, 5.41) is 6.58. The monoisotopic (exact) mass is 354 g/mol. The molecule has 0 spiro atoms. The molecule has 3 heterocycles. The first-order chi connectivity index (χ1) is 12.5. The summed E-state index contributed by atoms with van der Waals surface area (Å²) in [6, 6.07) is 9.94. The lowest BCUT2D eigenvalue weighted by Crippen LogP contribution is -1.88. The van der Waals surface area contributed by atoms with Gasteiger partial charge in [-0.15, -0.1) is 0 Å². The number of rotatable bonds is 2. The molecule has 0 aromatic carbocycles. The molecule has 0 fully saturated rings. The molecule has 3 rings (SSSR count). The Morgan fingerprint density at radius 1 is 0.846 bits per heavy atom. The molecule has 0 aliphatic rings. The number of aryl methyl sites for hydroxylation is 1. The maximum atomic E-state index is 4.18. The molecule has 3 aromatic rings. The molecule has 0 atom stereocenters. The van der Waals surface area contributed by atoms with E-state index in [2.05, 4.69) is 47.9 Å². The second-order valence-electron chi connectivity index (χ2n) is 6.12. The van der Waals surface area contributed by atoms with Gasteiger partial charge in [0.05, 0.1) is 6.20 Å². The Morgan fingerprint density at radius 2 is 1.50 bits per heavy atom. The standard InChI is InChI=1S/C8H11N.C6H10N2.C6H7N.C2H6/c1-7(2)8-5-3-4-6-9-8;1-5(2)6-3-7-8-4-6;1-6-2-4-7-5-3-6;1-2/h3-7H,1-2H3;3-5H,1-2H3,(H,7,8);2-5H,1H3;1-2H3. The normalized spacial score (nSPS) is 9.27. The molecular weight excluding hydrogens is 320 g/mol. The minimum atomic E-state index is 0.547. The number of nitrogens with one attached hydrogen (secondary N) is 1. The lowest BCUT2D eigenvalue weighted by Gasteiger charge is -2.00. The lowest BCUT2D eigenvalue weighted by molar-refractivity contribution is 0.823. The summed E-state index contributed by atoms with van der Waals surface area (Å²) in [5.74, 6) is 1.14. The maximum absolute atomic E-state index is 4.18.